The number of hydrogen-bond acceptors (Lipinski definition) is 3. The van der Waals surface area contributed by atoms with Crippen LogP contribution >= 0.6 is 11.6 Å². The lowest BCUT2D eigenvalue weighted by Crippen LogP contribution is -2.31. The van der Waals surface area contributed by atoms with Gasteiger partial charge < -0.3 is 9.47 Å². The molecule has 0 saturated carbocycles. The van der Waals surface area contributed by atoms with E-state index in [9.17, 15) is 13.2 Å². The van der Waals surface area contributed by atoms with Crippen LogP contribution in [0.25, 0.3) is 10.9 Å². The molecule has 3 aromatic rings. The second kappa shape index (κ2) is 6.94. The molecule has 0 spiro atoms. The van der Waals surface area contributed by atoms with Crippen LogP contribution in [0.5, 0.6) is 0 Å². The Morgan fingerprint density at radius 1 is 1.11 bits per heavy atom. The number of sulfone groups is 1. The number of halogens is 1. The Morgan fingerprint density at radius 3 is 2.50 bits per heavy atom. The van der Waals surface area contributed by atoms with Crippen molar-refractivity contribution in [3.05, 3.63) is 64.8 Å². The lowest BCUT2D eigenvalue weighted by molar-refractivity contribution is 0.0726. The second-order valence-corrected chi connectivity index (χ2v) is 9.74. The maximum atomic E-state index is 13.3. The molecule has 1 fully saturated rings. The number of likely N-dealkylation sites (tertiary alicyclic amines) is 1. The minimum Gasteiger partial charge on any atom is -0.340 e. The molecule has 2 heterocycles. The molecule has 1 aliphatic rings. The van der Waals surface area contributed by atoms with Crippen molar-refractivity contribution < 1.29 is 13.2 Å². The Balaban J connectivity index is 1.67. The highest BCUT2D eigenvalue weighted by Crippen LogP contribution is 2.34. The van der Waals surface area contributed by atoms with Crippen LogP contribution in [0.4, 0.5) is 0 Å². The third-order valence-corrected chi connectivity index (χ3v) is 6.80. The maximum absolute atomic E-state index is 13.3. The second-order valence-electron chi connectivity index (χ2n) is 7.29. The predicted octanol–water partition coefficient (Wildman–Crippen LogP) is 4.21. The van der Waals surface area contributed by atoms with Gasteiger partial charge in [-0.3, -0.25) is 4.79 Å². The molecular weight excluding hydrogens is 396 g/mol. The van der Waals surface area contributed by atoms with Crippen LogP contribution in [0, 0.1) is 0 Å². The van der Waals surface area contributed by atoms with E-state index in [-0.39, 0.29) is 16.8 Å². The summed E-state index contributed by atoms with van der Waals surface area (Å²) in [5, 5.41) is 1.61. The monoisotopic (exact) mass is 416 g/mol. The van der Waals surface area contributed by atoms with E-state index in [1.807, 2.05) is 52.9 Å². The van der Waals surface area contributed by atoms with Gasteiger partial charge in [-0.05, 0) is 48.7 Å². The molecule has 4 rings (SSSR count). The number of amides is 1. The molecule has 1 aromatic heterocycles. The van der Waals surface area contributed by atoms with Crippen molar-refractivity contribution in [1.82, 2.24) is 9.47 Å². The highest BCUT2D eigenvalue weighted by atomic mass is 35.5. The molecule has 1 unspecified atom stereocenters. The molecular formula is C21H21ClN2O3S. The van der Waals surface area contributed by atoms with Gasteiger partial charge in [0.1, 0.15) is 5.69 Å². The molecule has 1 aliphatic heterocycles. The maximum Gasteiger partial charge on any atom is 0.271 e. The fraction of sp³-hybridized carbons (Fsp3) is 0.286. The summed E-state index contributed by atoms with van der Waals surface area (Å²) in [6, 6.07) is 14.3. The standard InChI is InChI=1S/C21H21ClN2O3S/c1-23-19-13-16(22)8-5-15(19)12-20(23)21(25)24-11-3-4-18(24)14-6-9-17(10-7-14)28(2,26)27/h5-10,12-13,18H,3-4,11H2,1-2H3. The van der Waals surface area contributed by atoms with Gasteiger partial charge in [-0.25, -0.2) is 8.42 Å². The van der Waals surface area contributed by atoms with Crippen LogP contribution in [0.15, 0.2) is 53.4 Å². The van der Waals surface area contributed by atoms with Gasteiger partial charge in [0.25, 0.3) is 5.91 Å². The van der Waals surface area contributed by atoms with Crippen LogP contribution in [-0.4, -0.2) is 36.6 Å². The summed E-state index contributed by atoms with van der Waals surface area (Å²) in [7, 11) is -1.36. The lowest BCUT2D eigenvalue weighted by Gasteiger charge is -2.25. The lowest BCUT2D eigenvalue weighted by atomic mass is 10.0. The molecule has 28 heavy (non-hydrogen) atoms. The van der Waals surface area contributed by atoms with Crippen LogP contribution < -0.4 is 0 Å². The van der Waals surface area contributed by atoms with Crippen molar-refractivity contribution in [2.24, 2.45) is 7.05 Å². The number of nitrogens with zero attached hydrogens (tertiary/aromatic N) is 2. The van der Waals surface area contributed by atoms with E-state index < -0.39 is 9.84 Å². The largest absolute Gasteiger partial charge is 0.340 e. The number of aromatic nitrogens is 1. The summed E-state index contributed by atoms with van der Waals surface area (Å²) in [5.74, 6) is -0.0236. The first-order chi connectivity index (χ1) is 13.3. The van der Waals surface area contributed by atoms with E-state index in [1.165, 1.54) is 6.26 Å². The summed E-state index contributed by atoms with van der Waals surface area (Å²) in [6.07, 6.45) is 2.97. The van der Waals surface area contributed by atoms with E-state index in [0.717, 1.165) is 29.3 Å². The van der Waals surface area contributed by atoms with Crippen LogP contribution in [0.3, 0.4) is 0 Å². The van der Waals surface area contributed by atoms with Crippen molar-refractivity contribution >= 4 is 38.2 Å². The number of carbonyl (C=O) groups excluding carboxylic acids is 1. The van der Waals surface area contributed by atoms with Gasteiger partial charge in [-0.15, -0.1) is 0 Å². The molecule has 1 amide bonds. The summed E-state index contributed by atoms with van der Waals surface area (Å²) in [6.45, 7) is 0.680. The number of benzene rings is 2. The van der Waals surface area contributed by atoms with Gasteiger partial charge in [0, 0.05) is 35.8 Å². The van der Waals surface area contributed by atoms with E-state index in [4.69, 9.17) is 11.6 Å². The van der Waals surface area contributed by atoms with Gasteiger partial charge in [-0.1, -0.05) is 29.8 Å². The fourth-order valence-corrected chi connectivity index (χ4v) is 4.75. The molecule has 7 heteroatoms. The molecule has 1 saturated heterocycles. The summed E-state index contributed by atoms with van der Waals surface area (Å²) < 4.78 is 25.3. The zero-order valence-corrected chi connectivity index (χ0v) is 17.3. The average Bonchev–Trinajstić information content (AvgIpc) is 3.26. The number of rotatable bonds is 3. The van der Waals surface area contributed by atoms with E-state index in [2.05, 4.69) is 0 Å². The van der Waals surface area contributed by atoms with E-state index in [1.54, 1.807) is 12.1 Å². The number of aryl methyl sites for hydroxylation is 1. The normalized spacial score (nSPS) is 17.4. The third kappa shape index (κ3) is 3.31. The average molecular weight is 417 g/mol. The van der Waals surface area contributed by atoms with Gasteiger partial charge in [0.15, 0.2) is 9.84 Å². The number of hydrogen-bond donors (Lipinski definition) is 0. The van der Waals surface area contributed by atoms with Crippen LogP contribution in [-0.2, 0) is 16.9 Å². The zero-order chi connectivity index (χ0) is 20.1. The van der Waals surface area contributed by atoms with E-state index >= 15 is 0 Å². The van der Waals surface area contributed by atoms with Gasteiger partial charge in [-0.2, -0.15) is 0 Å². The van der Waals surface area contributed by atoms with Crippen LogP contribution in [0.2, 0.25) is 5.02 Å². The first-order valence-electron chi connectivity index (χ1n) is 9.11. The van der Waals surface area contributed by atoms with Crippen molar-refractivity contribution in [3.63, 3.8) is 0 Å². The Hall–Kier alpha value is -2.31. The highest BCUT2D eigenvalue weighted by molar-refractivity contribution is 7.90. The SMILES string of the molecule is Cn1c(C(=O)N2CCCC2c2ccc(S(C)(=O)=O)cc2)cc2ccc(Cl)cc21. The molecule has 1 atom stereocenters. The van der Waals surface area contributed by atoms with Crippen molar-refractivity contribution in [2.45, 2.75) is 23.8 Å². The highest BCUT2D eigenvalue weighted by Gasteiger charge is 2.32. The van der Waals surface area contributed by atoms with Gasteiger partial charge in [0.05, 0.1) is 10.9 Å². The van der Waals surface area contributed by atoms with Gasteiger partial charge in [0.2, 0.25) is 0 Å². The summed E-state index contributed by atoms with van der Waals surface area (Å²) in [5.41, 5.74) is 2.50. The molecule has 5 nitrogen and oxygen atoms in total. The van der Waals surface area contributed by atoms with Gasteiger partial charge >= 0.3 is 0 Å². The minimum atomic E-state index is -3.23. The Labute approximate surface area is 169 Å². The Kier molecular flexibility index (Phi) is 4.71. The van der Waals surface area contributed by atoms with Crippen molar-refractivity contribution in [2.75, 3.05) is 12.8 Å². The predicted molar refractivity (Wildman–Crippen MR) is 110 cm³/mol. The molecule has 0 bridgehead atoms. The zero-order valence-electron chi connectivity index (χ0n) is 15.7. The summed E-state index contributed by atoms with van der Waals surface area (Å²) in [4.78, 5) is 15.5. The van der Waals surface area contributed by atoms with E-state index in [0.29, 0.717) is 17.3 Å². The molecule has 0 N–H and O–H groups in total. The first-order valence-corrected chi connectivity index (χ1v) is 11.4. The topological polar surface area (TPSA) is 59.4 Å². The third-order valence-electron chi connectivity index (χ3n) is 5.43. The molecule has 0 radical (unpaired) electrons. The first kappa shape index (κ1) is 19.0. The number of carbonyl (C=O) groups is 1. The smallest absolute Gasteiger partial charge is 0.271 e. The fourth-order valence-electron chi connectivity index (χ4n) is 3.95. The molecule has 2 aromatic carbocycles. The molecule has 146 valence electrons. The Morgan fingerprint density at radius 2 is 1.82 bits per heavy atom. The number of fused-ring (bicyclic) bond motifs is 1. The quantitative estimate of drug-likeness (QED) is 0.642. The minimum absolute atomic E-state index is 0.0236. The Bertz CT molecular complexity index is 1170. The van der Waals surface area contributed by atoms with Crippen molar-refractivity contribution in [3.8, 4) is 0 Å². The molecule has 0 aliphatic carbocycles. The van der Waals surface area contributed by atoms with Crippen molar-refractivity contribution in [1.29, 1.82) is 0 Å². The summed E-state index contributed by atoms with van der Waals surface area (Å²) >= 11 is 6.10. The van der Waals surface area contributed by atoms with Crippen LogP contribution in [0.1, 0.15) is 34.9 Å².